The normalized spacial score (nSPS) is 16.8. The van der Waals surface area contributed by atoms with Gasteiger partial charge in [0.1, 0.15) is 0 Å². The van der Waals surface area contributed by atoms with Gasteiger partial charge in [0, 0.05) is 12.2 Å². The molecule has 0 unspecified atom stereocenters. The van der Waals surface area contributed by atoms with Crippen LogP contribution < -0.4 is 5.32 Å². The summed E-state index contributed by atoms with van der Waals surface area (Å²) in [7, 11) is 1.42. The van der Waals surface area contributed by atoms with E-state index >= 15 is 0 Å². The minimum Gasteiger partial charge on any atom is -0.469 e. The van der Waals surface area contributed by atoms with E-state index in [1.54, 1.807) is 0 Å². The van der Waals surface area contributed by atoms with Crippen molar-refractivity contribution >= 4 is 11.7 Å². The van der Waals surface area contributed by atoms with E-state index in [4.69, 9.17) is 4.74 Å². The van der Waals surface area contributed by atoms with Gasteiger partial charge in [-0.2, -0.15) is 0 Å². The van der Waals surface area contributed by atoms with Crippen molar-refractivity contribution in [2.24, 2.45) is 0 Å². The molecule has 30 heavy (non-hydrogen) atoms. The molecule has 0 saturated heterocycles. The number of carbonyl (C=O) groups excluding carboxylic acids is 1. The van der Waals surface area contributed by atoms with Gasteiger partial charge in [0.05, 0.1) is 13.5 Å². The first kappa shape index (κ1) is 22.4. The molecule has 0 spiro atoms. The van der Waals surface area contributed by atoms with Crippen LogP contribution in [0, 0.1) is 0 Å². The molecular formula is C27H37NO2. The first-order valence-electron chi connectivity index (χ1n) is 11.1. The van der Waals surface area contributed by atoms with Crippen LogP contribution in [0.25, 0.3) is 0 Å². The first-order valence-corrected chi connectivity index (χ1v) is 11.1. The predicted octanol–water partition coefficient (Wildman–Crippen LogP) is 6.49. The molecule has 0 aliphatic heterocycles. The van der Waals surface area contributed by atoms with Crippen molar-refractivity contribution < 1.29 is 9.53 Å². The highest BCUT2D eigenvalue weighted by atomic mass is 16.5. The van der Waals surface area contributed by atoms with Crippen LogP contribution in [0.2, 0.25) is 0 Å². The molecule has 2 aromatic carbocycles. The molecule has 3 rings (SSSR count). The highest BCUT2D eigenvalue weighted by Gasteiger charge is 2.37. The third kappa shape index (κ3) is 4.71. The zero-order valence-electron chi connectivity index (χ0n) is 19.7. The molecule has 2 aromatic rings. The lowest BCUT2D eigenvalue weighted by molar-refractivity contribution is -0.139. The molecule has 0 aromatic heterocycles. The number of fused-ring (bicyclic) bond motifs is 1. The SMILES string of the molecule is COC(=O)Cc1ccc(NCc2cc3c(cc2C(C)C)C(C)(C)CCC3(C)C)cc1. The summed E-state index contributed by atoms with van der Waals surface area (Å²) in [5.74, 6) is 0.271. The summed E-state index contributed by atoms with van der Waals surface area (Å²) in [5.41, 5.74) is 8.33. The number of anilines is 1. The summed E-state index contributed by atoms with van der Waals surface area (Å²) in [6.07, 6.45) is 2.77. The monoisotopic (exact) mass is 407 g/mol. The predicted molar refractivity (Wildman–Crippen MR) is 125 cm³/mol. The minimum atomic E-state index is -0.211. The third-order valence-electron chi connectivity index (χ3n) is 6.75. The summed E-state index contributed by atoms with van der Waals surface area (Å²) in [5, 5.41) is 3.59. The number of nitrogens with one attached hydrogen (secondary N) is 1. The van der Waals surface area contributed by atoms with Crippen LogP contribution in [-0.4, -0.2) is 13.1 Å². The van der Waals surface area contributed by atoms with Crippen LogP contribution in [0.3, 0.4) is 0 Å². The van der Waals surface area contributed by atoms with Crippen LogP contribution in [0.4, 0.5) is 5.69 Å². The second kappa shape index (κ2) is 8.45. The quantitative estimate of drug-likeness (QED) is 0.556. The van der Waals surface area contributed by atoms with E-state index in [2.05, 4.69) is 59.0 Å². The van der Waals surface area contributed by atoms with Crippen LogP contribution in [0.15, 0.2) is 36.4 Å². The first-order chi connectivity index (χ1) is 14.0. The molecule has 0 heterocycles. The van der Waals surface area contributed by atoms with E-state index in [0.717, 1.165) is 17.8 Å². The summed E-state index contributed by atoms with van der Waals surface area (Å²) >= 11 is 0. The Morgan fingerprint density at radius 1 is 1.00 bits per heavy atom. The van der Waals surface area contributed by atoms with E-state index in [0.29, 0.717) is 12.3 Å². The minimum absolute atomic E-state index is 0.211. The van der Waals surface area contributed by atoms with Gasteiger partial charge in [0.25, 0.3) is 0 Å². The second-order valence-electron chi connectivity index (χ2n) is 10.3. The van der Waals surface area contributed by atoms with Crippen molar-refractivity contribution in [1.29, 1.82) is 0 Å². The highest BCUT2D eigenvalue weighted by Crippen LogP contribution is 2.47. The van der Waals surface area contributed by atoms with Crippen molar-refractivity contribution in [3.63, 3.8) is 0 Å². The van der Waals surface area contributed by atoms with E-state index in [-0.39, 0.29) is 16.8 Å². The average molecular weight is 408 g/mol. The lowest BCUT2D eigenvalue weighted by Crippen LogP contribution is -2.34. The van der Waals surface area contributed by atoms with Gasteiger partial charge in [-0.05, 0) is 69.5 Å². The molecule has 0 saturated carbocycles. The second-order valence-corrected chi connectivity index (χ2v) is 10.3. The summed E-state index contributed by atoms with van der Waals surface area (Å²) in [6, 6.07) is 13.0. The molecule has 0 radical (unpaired) electrons. The Balaban J connectivity index is 1.86. The largest absolute Gasteiger partial charge is 0.469 e. The Bertz CT molecular complexity index is 907. The van der Waals surface area contributed by atoms with Crippen LogP contribution in [-0.2, 0) is 33.3 Å². The third-order valence-corrected chi connectivity index (χ3v) is 6.75. The Hall–Kier alpha value is -2.29. The molecule has 1 aliphatic carbocycles. The molecule has 0 fully saturated rings. The molecule has 0 atom stereocenters. The molecule has 1 aliphatic rings. The molecule has 3 heteroatoms. The smallest absolute Gasteiger partial charge is 0.309 e. The number of esters is 1. The van der Waals surface area contributed by atoms with Crippen LogP contribution >= 0.6 is 0 Å². The maximum Gasteiger partial charge on any atom is 0.309 e. The number of hydrogen-bond donors (Lipinski definition) is 1. The molecule has 1 N–H and O–H groups in total. The van der Waals surface area contributed by atoms with E-state index in [1.165, 1.54) is 42.2 Å². The van der Waals surface area contributed by atoms with Crippen LogP contribution in [0.1, 0.15) is 88.1 Å². The molecule has 3 nitrogen and oxygen atoms in total. The van der Waals surface area contributed by atoms with Gasteiger partial charge in [0.15, 0.2) is 0 Å². The molecule has 162 valence electrons. The lowest BCUT2D eigenvalue weighted by atomic mass is 9.62. The molecule has 0 bridgehead atoms. The van der Waals surface area contributed by atoms with Crippen LogP contribution in [0.5, 0.6) is 0 Å². The van der Waals surface area contributed by atoms with Gasteiger partial charge in [-0.3, -0.25) is 4.79 Å². The van der Waals surface area contributed by atoms with Gasteiger partial charge >= 0.3 is 5.97 Å². The fraction of sp³-hybridized carbons (Fsp3) is 0.519. The van der Waals surface area contributed by atoms with Gasteiger partial charge in [-0.1, -0.05) is 65.8 Å². The maximum atomic E-state index is 11.5. The topological polar surface area (TPSA) is 38.3 Å². The number of benzene rings is 2. The Morgan fingerprint density at radius 2 is 1.57 bits per heavy atom. The van der Waals surface area contributed by atoms with E-state index in [1.807, 2.05) is 24.3 Å². The van der Waals surface area contributed by atoms with Gasteiger partial charge < -0.3 is 10.1 Å². The Morgan fingerprint density at radius 3 is 2.10 bits per heavy atom. The Kier molecular flexibility index (Phi) is 6.31. The Labute approximate surface area is 182 Å². The van der Waals surface area contributed by atoms with Gasteiger partial charge in [-0.25, -0.2) is 0 Å². The van der Waals surface area contributed by atoms with Crippen molar-refractivity contribution in [3.05, 3.63) is 64.2 Å². The summed E-state index contributed by atoms with van der Waals surface area (Å²) < 4.78 is 4.75. The number of hydrogen-bond acceptors (Lipinski definition) is 3. The number of rotatable bonds is 6. The molecular weight excluding hydrogens is 370 g/mol. The zero-order chi connectivity index (χ0) is 22.1. The van der Waals surface area contributed by atoms with Gasteiger partial charge in [0.2, 0.25) is 0 Å². The standard InChI is InChI=1S/C27H37NO2/c1-18(2)22-16-24-23(26(3,4)12-13-27(24,5)6)15-20(22)17-28-21-10-8-19(9-11-21)14-25(29)30-7/h8-11,15-16,18,28H,12-14,17H2,1-7H3. The summed E-state index contributed by atoms with van der Waals surface area (Å²) in [4.78, 5) is 11.5. The average Bonchev–Trinajstić information content (AvgIpc) is 2.70. The number of ether oxygens (including phenoxy) is 1. The number of carbonyl (C=O) groups is 1. The molecule has 0 amide bonds. The highest BCUT2D eigenvalue weighted by molar-refractivity contribution is 5.72. The maximum absolute atomic E-state index is 11.5. The summed E-state index contributed by atoms with van der Waals surface area (Å²) in [6.45, 7) is 14.9. The fourth-order valence-electron chi connectivity index (χ4n) is 4.54. The van der Waals surface area contributed by atoms with Crippen molar-refractivity contribution in [3.8, 4) is 0 Å². The van der Waals surface area contributed by atoms with Crippen molar-refractivity contribution in [2.75, 3.05) is 12.4 Å². The van der Waals surface area contributed by atoms with Crippen molar-refractivity contribution in [1.82, 2.24) is 0 Å². The van der Waals surface area contributed by atoms with E-state index < -0.39 is 0 Å². The van der Waals surface area contributed by atoms with Gasteiger partial charge in [-0.15, -0.1) is 0 Å². The fourth-order valence-corrected chi connectivity index (χ4v) is 4.54. The number of methoxy groups -OCH3 is 1. The van der Waals surface area contributed by atoms with E-state index in [9.17, 15) is 4.79 Å². The van der Waals surface area contributed by atoms with Crippen molar-refractivity contribution in [2.45, 2.75) is 84.1 Å². The lowest BCUT2D eigenvalue weighted by Gasteiger charge is -2.42. The zero-order valence-corrected chi connectivity index (χ0v) is 19.7.